The number of anilines is 1. The second kappa shape index (κ2) is 7.96. The van der Waals surface area contributed by atoms with Gasteiger partial charge in [-0.2, -0.15) is 0 Å². The number of hydrogen-bond acceptors (Lipinski definition) is 2. The van der Waals surface area contributed by atoms with Crippen LogP contribution in [0, 0.1) is 0 Å². The van der Waals surface area contributed by atoms with E-state index >= 15 is 0 Å². The van der Waals surface area contributed by atoms with Gasteiger partial charge in [0.2, 0.25) is 0 Å². The van der Waals surface area contributed by atoms with Gasteiger partial charge in [-0.05, 0) is 50.2 Å². The smallest absolute Gasteiger partial charge is 0.138 e. The number of halogens is 3. The Labute approximate surface area is 146 Å². The van der Waals surface area contributed by atoms with E-state index in [0.29, 0.717) is 15.8 Å². The second-order valence-electron chi connectivity index (χ2n) is 5.02. The summed E-state index contributed by atoms with van der Waals surface area (Å²) in [6, 6.07) is 13.0. The average Bonchev–Trinajstić information content (AvgIpc) is 2.47. The lowest BCUT2D eigenvalue weighted by molar-refractivity contribution is 0.226. The number of ether oxygens (including phenoxy) is 1. The molecule has 2 aromatic carbocycles. The summed E-state index contributed by atoms with van der Waals surface area (Å²) in [6.07, 6.45) is -0.0300. The van der Waals surface area contributed by atoms with Crippen LogP contribution in [0.5, 0.6) is 5.75 Å². The summed E-state index contributed by atoms with van der Waals surface area (Å²) >= 11 is 18.1. The Morgan fingerprint density at radius 1 is 1.05 bits per heavy atom. The van der Waals surface area contributed by atoms with Crippen molar-refractivity contribution >= 4 is 40.5 Å². The highest BCUT2D eigenvalue weighted by molar-refractivity contribution is 6.35. The van der Waals surface area contributed by atoms with E-state index in [0.717, 1.165) is 23.8 Å². The van der Waals surface area contributed by atoms with E-state index in [4.69, 9.17) is 39.5 Å². The van der Waals surface area contributed by atoms with Crippen LogP contribution in [0.25, 0.3) is 0 Å². The summed E-state index contributed by atoms with van der Waals surface area (Å²) in [4.78, 5) is 2.21. The van der Waals surface area contributed by atoms with E-state index in [-0.39, 0.29) is 6.10 Å². The van der Waals surface area contributed by atoms with Crippen molar-refractivity contribution < 1.29 is 4.74 Å². The maximum Gasteiger partial charge on any atom is 0.138 e. The highest BCUT2D eigenvalue weighted by Gasteiger charge is 2.13. The SMILES string of the molecule is CCN(CC(C)Oc1ccc(Cl)cc1Cl)c1cccc(Cl)c1. The van der Waals surface area contributed by atoms with Gasteiger partial charge < -0.3 is 9.64 Å². The molecule has 0 aliphatic carbocycles. The first-order valence-electron chi connectivity index (χ1n) is 7.11. The molecule has 0 radical (unpaired) electrons. The lowest BCUT2D eigenvalue weighted by Crippen LogP contribution is -2.33. The molecule has 0 fully saturated rings. The predicted molar refractivity (Wildman–Crippen MR) is 95.9 cm³/mol. The fourth-order valence-electron chi connectivity index (χ4n) is 2.23. The molecule has 1 unspecified atom stereocenters. The highest BCUT2D eigenvalue weighted by Crippen LogP contribution is 2.28. The van der Waals surface area contributed by atoms with Gasteiger partial charge in [0.25, 0.3) is 0 Å². The first-order valence-corrected chi connectivity index (χ1v) is 8.25. The molecule has 5 heteroatoms. The number of nitrogens with zero attached hydrogens (tertiary/aromatic N) is 1. The van der Waals surface area contributed by atoms with Gasteiger partial charge in [0, 0.05) is 22.3 Å². The van der Waals surface area contributed by atoms with Gasteiger partial charge in [-0.3, -0.25) is 0 Å². The standard InChI is InChI=1S/C17H18Cl3NO/c1-3-21(15-6-4-5-13(18)9-15)11-12(2)22-17-8-7-14(19)10-16(17)20/h4-10,12H,3,11H2,1-2H3. The summed E-state index contributed by atoms with van der Waals surface area (Å²) in [5.74, 6) is 0.640. The summed E-state index contributed by atoms with van der Waals surface area (Å²) in [5, 5.41) is 1.84. The summed E-state index contributed by atoms with van der Waals surface area (Å²) in [6.45, 7) is 5.71. The molecule has 2 rings (SSSR count). The number of rotatable bonds is 6. The molecule has 0 aromatic heterocycles. The van der Waals surface area contributed by atoms with E-state index in [1.807, 2.05) is 31.2 Å². The predicted octanol–water partition coefficient (Wildman–Crippen LogP) is 5.94. The van der Waals surface area contributed by atoms with Crippen molar-refractivity contribution in [2.75, 3.05) is 18.0 Å². The van der Waals surface area contributed by atoms with Crippen LogP contribution in [0.3, 0.4) is 0 Å². The summed E-state index contributed by atoms with van der Waals surface area (Å²) in [7, 11) is 0. The molecule has 0 aliphatic rings. The summed E-state index contributed by atoms with van der Waals surface area (Å²) < 4.78 is 5.92. The van der Waals surface area contributed by atoms with E-state index in [1.54, 1.807) is 18.2 Å². The normalized spacial score (nSPS) is 12.0. The average molecular weight is 359 g/mol. The van der Waals surface area contributed by atoms with E-state index in [1.165, 1.54) is 0 Å². The Balaban J connectivity index is 2.04. The molecule has 2 aromatic rings. The van der Waals surface area contributed by atoms with E-state index in [2.05, 4.69) is 11.8 Å². The topological polar surface area (TPSA) is 12.5 Å². The molecule has 0 saturated heterocycles. The van der Waals surface area contributed by atoms with Gasteiger partial charge >= 0.3 is 0 Å². The molecule has 0 bridgehead atoms. The largest absolute Gasteiger partial charge is 0.487 e. The minimum Gasteiger partial charge on any atom is -0.487 e. The van der Waals surface area contributed by atoms with Gasteiger partial charge in [0.15, 0.2) is 0 Å². The van der Waals surface area contributed by atoms with Crippen LogP contribution >= 0.6 is 34.8 Å². The van der Waals surface area contributed by atoms with Crippen LogP contribution < -0.4 is 9.64 Å². The van der Waals surface area contributed by atoms with Crippen molar-refractivity contribution in [3.05, 3.63) is 57.5 Å². The molecule has 0 heterocycles. The van der Waals surface area contributed by atoms with Crippen LogP contribution in [-0.2, 0) is 0 Å². The van der Waals surface area contributed by atoms with Crippen molar-refractivity contribution in [3.63, 3.8) is 0 Å². The molecule has 22 heavy (non-hydrogen) atoms. The van der Waals surface area contributed by atoms with Crippen molar-refractivity contribution in [2.24, 2.45) is 0 Å². The van der Waals surface area contributed by atoms with Gasteiger partial charge in [0.05, 0.1) is 11.6 Å². The molecule has 0 N–H and O–H groups in total. The van der Waals surface area contributed by atoms with Crippen molar-refractivity contribution in [1.82, 2.24) is 0 Å². The lowest BCUT2D eigenvalue weighted by atomic mass is 10.2. The maximum absolute atomic E-state index is 6.14. The zero-order valence-electron chi connectivity index (χ0n) is 12.5. The Morgan fingerprint density at radius 2 is 1.77 bits per heavy atom. The third kappa shape index (κ3) is 4.70. The van der Waals surface area contributed by atoms with Crippen LogP contribution in [0.2, 0.25) is 15.1 Å². The Bertz CT molecular complexity index is 633. The Morgan fingerprint density at radius 3 is 2.41 bits per heavy atom. The molecule has 0 aliphatic heterocycles. The van der Waals surface area contributed by atoms with Crippen LogP contribution in [-0.4, -0.2) is 19.2 Å². The highest BCUT2D eigenvalue weighted by atomic mass is 35.5. The molecular weight excluding hydrogens is 341 g/mol. The number of hydrogen-bond donors (Lipinski definition) is 0. The monoisotopic (exact) mass is 357 g/mol. The fraction of sp³-hybridized carbons (Fsp3) is 0.294. The molecule has 2 nitrogen and oxygen atoms in total. The third-order valence-corrected chi connectivity index (χ3v) is 4.02. The molecule has 1 atom stereocenters. The third-order valence-electron chi connectivity index (χ3n) is 3.25. The molecular formula is C17H18Cl3NO. The van der Waals surface area contributed by atoms with Gasteiger partial charge in [-0.1, -0.05) is 40.9 Å². The van der Waals surface area contributed by atoms with Crippen molar-refractivity contribution in [3.8, 4) is 5.75 Å². The molecule has 0 saturated carbocycles. The number of likely N-dealkylation sites (N-methyl/N-ethyl adjacent to an activating group) is 1. The Hall–Kier alpha value is -1.09. The second-order valence-corrected chi connectivity index (χ2v) is 6.30. The van der Waals surface area contributed by atoms with Crippen molar-refractivity contribution in [1.29, 1.82) is 0 Å². The van der Waals surface area contributed by atoms with Crippen LogP contribution in [0.4, 0.5) is 5.69 Å². The fourth-order valence-corrected chi connectivity index (χ4v) is 2.86. The Kier molecular flexibility index (Phi) is 6.25. The van der Waals surface area contributed by atoms with Crippen LogP contribution in [0.1, 0.15) is 13.8 Å². The maximum atomic E-state index is 6.14. The zero-order valence-corrected chi connectivity index (χ0v) is 14.8. The number of benzene rings is 2. The van der Waals surface area contributed by atoms with Crippen molar-refractivity contribution in [2.45, 2.75) is 20.0 Å². The minimum atomic E-state index is -0.0300. The molecule has 0 spiro atoms. The lowest BCUT2D eigenvalue weighted by Gasteiger charge is -2.27. The molecule has 0 amide bonds. The minimum absolute atomic E-state index is 0.0300. The van der Waals surface area contributed by atoms with Crippen LogP contribution in [0.15, 0.2) is 42.5 Å². The summed E-state index contributed by atoms with van der Waals surface area (Å²) in [5.41, 5.74) is 1.08. The van der Waals surface area contributed by atoms with E-state index < -0.39 is 0 Å². The molecule has 118 valence electrons. The quantitative estimate of drug-likeness (QED) is 0.633. The van der Waals surface area contributed by atoms with Gasteiger partial charge in [-0.15, -0.1) is 0 Å². The van der Waals surface area contributed by atoms with E-state index in [9.17, 15) is 0 Å². The zero-order chi connectivity index (χ0) is 16.1. The van der Waals surface area contributed by atoms with Gasteiger partial charge in [0.1, 0.15) is 11.9 Å². The first kappa shape index (κ1) is 17.3. The first-order chi connectivity index (χ1) is 10.5. The van der Waals surface area contributed by atoms with Gasteiger partial charge in [-0.25, -0.2) is 0 Å².